The molecule has 4 nitrogen and oxygen atoms in total. The SMILES string of the molecule is CC(C)c1cccc2c1oc1c(N(c3ccccc3)c3cc4c(c5cc(-c6cccc(C7(c8ccccc8)c8ccccc8-c8c7cc(N(c7ccccc7)c7cccc9c7oc7c(C%10CCCCC%10)cccc79)c7ccccc87)c6)ccc35)-c3ccccc3C4(c3ccccc3)c3ccccc3)cccc12. The van der Waals surface area contributed by atoms with Gasteiger partial charge in [-0.15, -0.1) is 0 Å². The second-order valence-electron chi connectivity index (χ2n) is 30.0. The Hall–Kier alpha value is -12.8. The van der Waals surface area contributed by atoms with E-state index in [1.54, 1.807) is 0 Å². The highest BCUT2D eigenvalue weighted by molar-refractivity contribution is 6.18. The molecule has 4 heteroatoms. The monoisotopic (exact) mass is 1370 g/mol. The van der Waals surface area contributed by atoms with E-state index in [2.05, 4.69) is 375 Å². The number of hydrogen-bond acceptors (Lipinski definition) is 4. The van der Waals surface area contributed by atoms with Crippen molar-refractivity contribution in [3.63, 3.8) is 0 Å². The number of fused-ring (bicyclic) bond motifs is 16. The molecule has 1 fully saturated rings. The van der Waals surface area contributed by atoms with Crippen molar-refractivity contribution in [1.29, 1.82) is 0 Å². The summed E-state index contributed by atoms with van der Waals surface area (Å²) in [6.45, 7) is 4.51. The van der Waals surface area contributed by atoms with Crippen molar-refractivity contribution in [2.75, 3.05) is 9.80 Å². The highest BCUT2D eigenvalue weighted by Crippen LogP contribution is 2.63. The maximum absolute atomic E-state index is 7.45. The Morgan fingerprint density at radius 1 is 0.290 bits per heavy atom. The summed E-state index contributed by atoms with van der Waals surface area (Å²) >= 11 is 0. The number of hydrogen-bond donors (Lipinski definition) is 0. The molecule has 3 aliphatic rings. The van der Waals surface area contributed by atoms with Crippen LogP contribution in [0.25, 0.3) is 98.8 Å². The minimum atomic E-state index is -0.802. The molecule has 1 unspecified atom stereocenters. The van der Waals surface area contributed by atoms with E-state index in [-0.39, 0.29) is 5.92 Å². The molecule has 510 valence electrons. The number of nitrogens with zero attached hydrogens (tertiary/aromatic N) is 2. The fraction of sp³-hybridized carbons (Fsp3) is 0.107. The molecule has 2 heterocycles. The molecule has 0 amide bonds. The zero-order valence-corrected chi connectivity index (χ0v) is 59.9. The van der Waals surface area contributed by atoms with Crippen molar-refractivity contribution in [2.45, 2.75) is 68.6 Å². The van der Waals surface area contributed by atoms with Crippen LogP contribution in [-0.4, -0.2) is 0 Å². The molecule has 1 atom stereocenters. The number of anilines is 6. The Morgan fingerprint density at radius 3 is 1.26 bits per heavy atom. The van der Waals surface area contributed by atoms with Crippen LogP contribution in [-0.2, 0) is 10.8 Å². The second-order valence-corrected chi connectivity index (χ2v) is 30.0. The summed E-state index contributed by atoms with van der Waals surface area (Å²) in [7, 11) is 0. The highest BCUT2D eigenvalue weighted by atomic mass is 16.3. The summed E-state index contributed by atoms with van der Waals surface area (Å²) in [6.07, 6.45) is 6.19. The first kappa shape index (κ1) is 62.8. The van der Waals surface area contributed by atoms with Crippen LogP contribution in [0.15, 0.2) is 361 Å². The summed E-state index contributed by atoms with van der Waals surface area (Å²) in [6, 6.07) is 132. The maximum atomic E-state index is 7.45. The minimum absolute atomic E-state index is 0.266. The third-order valence-electron chi connectivity index (χ3n) is 24.1. The fourth-order valence-electron chi connectivity index (χ4n) is 19.6. The lowest BCUT2D eigenvalue weighted by molar-refractivity contribution is 0.442. The van der Waals surface area contributed by atoms with Gasteiger partial charge in [-0.25, -0.2) is 0 Å². The van der Waals surface area contributed by atoms with Crippen molar-refractivity contribution >= 4 is 99.5 Å². The summed E-state index contributed by atoms with van der Waals surface area (Å²) in [4.78, 5) is 4.97. The Bertz CT molecular complexity index is 6490. The quantitative estimate of drug-likeness (QED) is 0.115. The number of furan rings is 2. The van der Waals surface area contributed by atoms with E-state index < -0.39 is 10.8 Å². The van der Waals surface area contributed by atoms with Gasteiger partial charge in [0.05, 0.1) is 33.6 Å². The number of rotatable bonds is 13. The lowest BCUT2D eigenvalue weighted by Crippen LogP contribution is -2.29. The van der Waals surface area contributed by atoms with E-state index in [4.69, 9.17) is 8.83 Å². The predicted octanol–water partition coefficient (Wildman–Crippen LogP) is 28.3. The molecule has 3 aliphatic carbocycles. The topological polar surface area (TPSA) is 32.8 Å². The van der Waals surface area contributed by atoms with Gasteiger partial charge >= 0.3 is 0 Å². The van der Waals surface area contributed by atoms with E-state index in [9.17, 15) is 0 Å². The van der Waals surface area contributed by atoms with Crippen LogP contribution in [0.4, 0.5) is 34.1 Å². The van der Waals surface area contributed by atoms with E-state index >= 15 is 0 Å². The van der Waals surface area contributed by atoms with E-state index in [1.165, 1.54) is 121 Å². The van der Waals surface area contributed by atoms with Gasteiger partial charge in [-0.2, -0.15) is 0 Å². The van der Waals surface area contributed by atoms with Crippen molar-refractivity contribution in [2.24, 2.45) is 0 Å². The third-order valence-corrected chi connectivity index (χ3v) is 24.1. The molecule has 1 saturated carbocycles. The third kappa shape index (κ3) is 9.41. The predicted molar refractivity (Wildman–Crippen MR) is 445 cm³/mol. The van der Waals surface area contributed by atoms with Crippen molar-refractivity contribution in [1.82, 2.24) is 0 Å². The van der Waals surface area contributed by atoms with Gasteiger partial charge in [-0.3, -0.25) is 0 Å². The minimum Gasteiger partial charge on any atom is -0.454 e. The molecule has 2 aromatic heterocycles. The number of para-hydroxylation sites is 6. The zero-order valence-electron chi connectivity index (χ0n) is 59.9. The highest BCUT2D eigenvalue weighted by Gasteiger charge is 2.50. The fourth-order valence-corrected chi connectivity index (χ4v) is 19.6. The Kier molecular flexibility index (Phi) is 14.7. The van der Waals surface area contributed by atoms with Crippen molar-refractivity contribution in [3.8, 4) is 33.4 Å². The van der Waals surface area contributed by atoms with Crippen LogP contribution < -0.4 is 9.80 Å². The molecule has 0 bridgehead atoms. The average molecular weight is 1370 g/mol. The summed E-state index contributed by atoms with van der Waals surface area (Å²) in [5.41, 5.74) is 27.8. The summed E-state index contributed by atoms with van der Waals surface area (Å²) in [5.74, 6) is 0.745. The van der Waals surface area contributed by atoms with E-state index in [1.807, 2.05) is 0 Å². The standard InChI is InChI=1S/C103H76N2O2/c1-66(2)76-50-28-52-81-83-54-30-58-92(100(83)106-98(76)81)105(75-44-19-8-20-45-75)95-65-91-97(86-49-24-25-56-88(86)102(91,70-35-11-4-12-36-70)71-37-13-5-14-38-71)87-63-69(60-61-79(87)95)68-34-27-41-73(62-68)103(72-39-15-6-16-40-72)89-57-26-23-48-85(89)96-80-47-22-21-46-78(80)94(64-90(96)103)104(74-42-17-7-18-43-74)93-59-31-55-84-82-53-29-51-77(99(82)107-101(84)93)67-32-9-3-10-33-67/h4-8,11-31,34-67H,3,9-10,32-33H2,1-2H3. The van der Waals surface area contributed by atoms with Gasteiger partial charge in [0, 0.05) is 43.7 Å². The zero-order chi connectivity index (χ0) is 70.9. The van der Waals surface area contributed by atoms with Crippen molar-refractivity contribution < 1.29 is 8.83 Å². The molecule has 0 N–H and O–H groups in total. The van der Waals surface area contributed by atoms with Crippen LogP contribution in [0.3, 0.4) is 0 Å². The maximum Gasteiger partial charge on any atom is 0.159 e. The van der Waals surface area contributed by atoms with Gasteiger partial charge in [-0.1, -0.05) is 324 Å². The lowest BCUT2D eigenvalue weighted by atomic mass is 9.67. The average Bonchev–Trinajstić information content (AvgIpc) is 1.55. The Balaban J connectivity index is 0.824. The largest absolute Gasteiger partial charge is 0.454 e. The van der Waals surface area contributed by atoms with Gasteiger partial charge in [0.2, 0.25) is 0 Å². The van der Waals surface area contributed by atoms with Gasteiger partial charge in [0.25, 0.3) is 0 Å². The molecule has 16 aromatic carbocycles. The summed E-state index contributed by atoms with van der Waals surface area (Å²) < 4.78 is 14.8. The van der Waals surface area contributed by atoms with Gasteiger partial charge in [0.15, 0.2) is 11.2 Å². The first-order valence-electron chi connectivity index (χ1n) is 38.2. The van der Waals surface area contributed by atoms with Crippen LogP contribution in [0.1, 0.15) is 113 Å². The number of benzene rings is 16. The molecular weight excluding hydrogens is 1300 g/mol. The molecule has 0 radical (unpaired) electrons. The smallest absolute Gasteiger partial charge is 0.159 e. The molecule has 21 rings (SSSR count). The molecular formula is C103H76N2O2. The Morgan fingerprint density at radius 2 is 0.701 bits per heavy atom. The molecule has 0 saturated heterocycles. The van der Waals surface area contributed by atoms with Crippen LogP contribution in [0, 0.1) is 0 Å². The van der Waals surface area contributed by atoms with Crippen LogP contribution >= 0.6 is 0 Å². The van der Waals surface area contributed by atoms with E-state index in [0.717, 1.165) is 99.9 Å². The van der Waals surface area contributed by atoms with E-state index in [0.29, 0.717) is 5.92 Å². The van der Waals surface area contributed by atoms with Crippen LogP contribution in [0.2, 0.25) is 0 Å². The van der Waals surface area contributed by atoms with Crippen molar-refractivity contribution in [3.05, 3.63) is 407 Å². The van der Waals surface area contributed by atoms with Gasteiger partial charge in [0.1, 0.15) is 11.2 Å². The lowest BCUT2D eigenvalue weighted by Gasteiger charge is -2.36. The second kappa shape index (κ2) is 25.0. The Labute approximate surface area is 623 Å². The summed E-state index contributed by atoms with van der Waals surface area (Å²) in [5, 5.41) is 9.16. The van der Waals surface area contributed by atoms with Gasteiger partial charge in [-0.05, 0) is 185 Å². The van der Waals surface area contributed by atoms with Gasteiger partial charge < -0.3 is 18.6 Å². The molecule has 18 aromatic rings. The van der Waals surface area contributed by atoms with Crippen LogP contribution in [0.5, 0.6) is 0 Å². The normalized spacial score (nSPS) is 15.2. The molecule has 107 heavy (non-hydrogen) atoms. The first-order valence-corrected chi connectivity index (χ1v) is 38.2. The molecule has 0 spiro atoms. The first-order chi connectivity index (χ1) is 52.9. The molecule has 0 aliphatic heterocycles.